The second kappa shape index (κ2) is 12.8. The van der Waals surface area contributed by atoms with Gasteiger partial charge < -0.3 is 14.4 Å². The molecule has 0 atom stereocenters. The van der Waals surface area contributed by atoms with Crippen LogP contribution in [0.3, 0.4) is 0 Å². The van der Waals surface area contributed by atoms with Crippen molar-refractivity contribution in [2.24, 2.45) is 0 Å². The molecule has 0 bridgehead atoms. The molecule has 1 aliphatic heterocycles. The van der Waals surface area contributed by atoms with Crippen molar-refractivity contribution in [2.45, 2.75) is 30.6 Å². The maximum atomic E-state index is 13.9. The third-order valence-corrected chi connectivity index (χ3v) is 9.45. The van der Waals surface area contributed by atoms with E-state index in [1.165, 1.54) is 17.1 Å². The van der Waals surface area contributed by atoms with Crippen LogP contribution in [-0.2, 0) is 16.4 Å². The van der Waals surface area contributed by atoms with Gasteiger partial charge in [-0.25, -0.2) is 13.4 Å². The molecule has 0 N–H and O–H groups in total. The predicted molar refractivity (Wildman–Crippen MR) is 160 cm³/mol. The number of sulfonamides is 1. The van der Waals surface area contributed by atoms with Crippen LogP contribution in [0, 0.1) is 0 Å². The number of hydrogen-bond donors (Lipinski definition) is 0. The van der Waals surface area contributed by atoms with Gasteiger partial charge in [0, 0.05) is 19.5 Å². The molecule has 1 aromatic heterocycles. The summed E-state index contributed by atoms with van der Waals surface area (Å²) in [6.45, 7) is 3.50. The second-order valence-electron chi connectivity index (χ2n) is 10.1. The fourth-order valence-corrected chi connectivity index (χ4v) is 6.77. The Labute approximate surface area is 241 Å². The maximum absolute atomic E-state index is 13.9. The van der Waals surface area contributed by atoms with Crippen molar-refractivity contribution in [3.8, 4) is 17.2 Å². The van der Waals surface area contributed by atoms with E-state index in [-0.39, 0.29) is 23.4 Å². The summed E-state index contributed by atoms with van der Waals surface area (Å²) >= 11 is 0. The number of para-hydroxylation sites is 1. The Morgan fingerprint density at radius 1 is 0.854 bits per heavy atom. The van der Waals surface area contributed by atoms with E-state index in [1.807, 2.05) is 24.3 Å². The second-order valence-corrected chi connectivity index (χ2v) is 12.1. The Bertz CT molecular complexity index is 1630. The molecule has 1 aliphatic rings. The molecule has 0 aliphatic carbocycles. The fraction of sp³-hybridized carbons (Fsp3) is 0.355. The quantitative estimate of drug-likeness (QED) is 0.250. The highest BCUT2D eigenvalue weighted by Crippen LogP contribution is 2.22. The first kappa shape index (κ1) is 28.8. The minimum atomic E-state index is -3.80. The average molecular weight is 577 g/mol. The van der Waals surface area contributed by atoms with E-state index >= 15 is 0 Å². The summed E-state index contributed by atoms with van der Waals surface area (Å²) < 4.78 is 41.3. The zero-order valence-corrected chi connectivity index (χ0v) is 24.3. The third-order valence-electron chi connectivity index (χ3n) is 7.54. The van der Waals surface area contributed by atoms with E-state index in [0.717, 1.165) is 19.6 Å². The molecule has 0 saturated carbocycles. The van der Waals surface area contributed by atoms with Crippen molar-refractivity contribution < 1.29 is 17.9 Å². The molecular formula is C31H36N4O5S. The third kappa shape index (κ3) is 6.45. The van der Waals surface area contributed by atoms with Crippen LogP contribution in [0.15, 0.2) is 82.5 Å². The molecule has 0 radical (unpaired) electrons. The van der Waals surface area contributed by atoms with Gasteiger partial charge in [0.15, 0.2) is 0 Å². The van der Waals surface area contributed by atoms with E-state index in [0.29, 0.717) is 46.9 Å². The van der Waals surface area contributed by atoms with Crippen molar-refractivity contribution in [3.63, 3.8) is 0 Å². The lowest BCUT2D eigenvalue weighted by atomic mass is 10.2. The Morgan fingerprint density at radius 3 is 2.15 bits per heavy atom. The van der Waals surface area contributed by atoms with Crippen molar-refractivity contribution in [1.29, 1.82) is 0 Å². The first-order valence-electron chi connectivity index (χ1n) is 13.9. The van der Waals surface area contributed by atoms with Crippen LogP contribution >= 0.6 is 0 Å². The number of nitrogens with zero attached hydrogens (tertiary/aromatic N) is 4. The van der Waals surface area contributed by atoms with Gasteiger partial charge in [0.1, 0.15) is 17.3 Å². The highest BCUT2D eigenvalue weighted by atomic mass is 32.2. The summed E-state index contributed by atoms with van der Waals surface area (Å²) in [5.74, 6) is 1.76. The smallest absolute Gasteiger partial charge is 0.265 e. The van der Waals surface area contributed by atoms with Crippen LogP contribution in [0.2, 0.25) is 0 Å². The summed E-state index contributed by atoms with van der Waals surface area (Å²) in [4.78, 5) is 21.1. The largest absolute Gasteiger partial charge is 0.497 e. The summed E-state index contributed by atoms with van der Waals surface area (Å²) in [6, 6.07) is 20.9. The fourth-order valence-electron chi connectivity index (χ4n) is 5.29. The normalized spacial score (nSPS) is 14.1. The van der Waals surface area contributed by atoms with Gasteiger partial charge in [-0.2, -0.15) is 4.31 Å². The molecule has 216 valence electrons. The number of benzene rings is 3. The molecule has 0 amide bonds. The highest BCUT2D eigenvalue weighted by molar-refractivity contribution is 7.89. The van der Waals surface area contributed by atoms with Crippen LogP contribution < -0.4 is 15.0 Å². The van der Waals surface area contributed by atoms with Crippen molar-refractivity contribution in [3.05, 3.63) is 89.0 Å². The standard InChI is InChI=1S/C31H36N4O5S/c1-39-25-12-10-24(11-13-25)35-30(32-29-9-4-3-8-28(29)31(35)36)18-23-34(22-7-21-33-19-5-6-20-33)41(37,38)27-16-14-26(40-2)15-17-27/h3-4,8-17H,5-7,18-23H2,1-2H3. The maximum Gasteiger partial charge on any atom is 0.265 e. The molecule has 2 heterocycles. The summed E-state index contributed by atoms with van der Waals surface area (Å²) in [5.41, 5.74) is 1.02. The lowest BCUT2D eigenvalue weighted by Gasteiger charge is -2.24. The molecule has 41 heavy (non-hydrogen) atoms. The molecular weight excluding hydrogens is 540 g/mol. The number of fused-ring (bicyclic) bond motifs is 1. The van der Waals surface area contributed by atoms with E-state index in [2.05, 4.69) is 4.90 Å². The van der Waals surface area contributed by atoms with Crippen LogP contribution in [0.25, 0.3) is 16.6 Å². The zero-order chi connectivity index (χ0) is 28.8. The number of rotatable bonds is 12. The molecule has 9 nitrogen and oxygen atoms in total. The van der Waals surface area contributed by atoms with Gasteiger partial charge >= 0.3 is 0 Å². The molecule has 1 fully saturated rings. The Kier molecular flexibility index (Phi) is 9.02. The minimum absolute atomic E-state index is 0.176. The van der Waals surface area contributed by atoms with E-state index < -0.39 is 10.0 Å². The Balaban J connectivity index is 1.48. The molecule has 3 aromatic carbocycles. The Morgan fingerprint density at radius 2 is 1.49 bits per heavy atom. The van der Waals surface area contributed by atoms with E-state index in [9.17, 15) is 13.2 Å². The van der Waals surface area contributed by atoms with Gasteiger partial charge in [-0.1, -0.05) is 12.1 Å². The lowest BCUT2D eigenvalue weighted by molar-refractivity contribution is 0.309. The molecule has 10 heteroatoms. The summed E-state index contributed by atoms with van der Waals surface area (Å²) in [5, 5.41) is 0.500. The molecule has 5 rings (SSSR count). The Hall–Kier alpha value is -3.73. The lowest BCUT2D eigenvalue weighted by Crippen LogP contribution is -2.36. The topological polar surface area (TPSA) is 94.0 Å². The molecule has 1 saturated heterocycles. The van der Waals surface area contributed by atoms with Crippen molar-refractivity contribution >= 4 is 20.9 Å². The number of methoxy groups -OCH3 is 2. The molecule has 4 aromatic rings. The monoisotopic (exact) mass is 576 g/mol. The van der Waals surface area contributed by atoms with Crippen LogP contribution in [-0.4, -0.2) is 74.1 Å². The average Bonchev–Trinajstić information content (AvgIpc) is 3.52. The number of likely N-dealkylation sites (tertiary alicyclic amines) is 1. The van der Waals surface area contributed by atoms with Gasteiger partial charge in [0.25, 0.3) is 5.56 Å². The zero-order valence-electron chi connectivity index (χ0n) is 23.5. The van der Waals surface area contributed by atoms with Gasteiger partial charge in [-0.05, 0) is 99.6 Å². The molecule has 0 unspecified atom stereocenters. The number of aromatic nitrogens is 2. The highest BCUT2D eigenvalue weighted by Gasteiger charge is 2.26. The van der Waals surface area contributed by atoms with E-state index in [1.54, 1.807) is 67.3 Å². The number of ether oxygens (including phenoxy) is 2. The van der Waals surface area contributed by atoms with Gasteiger partial charge in [0.2, 0.25) is 10.0 Å². The van der Waals surface area contributed by atoms with Gasteiger partial charge in [-0.3, -0.25) is 9.36 Å². The van der Waals surface area contributed by atoms with Crippen LogP contribution in [0.4, 0.5) is 0 Å². The first-order chi connectivity index (χ1) is 19.9. The van der Waals surface area contributed by atoms with E-state index in [4.69, 9.17) is 14.5 Å². The summed E-state index contributed by atoms with van der Waals surface area (Å²) in [6.07, 6.45) is 3.34. The SMILES string of the molecule is COc1ccc(-n2c(CCN(CCCN3CCCC3)S(=O)(=O)c3ccc(OC)cc3)nc3ccccc3c2=O)cc1. The van der Waals surface area contributed by atoms with Crippen molar-refractivity contribution in [1.82, 2.24) is 18.8 Å². The first-order valence-corrected chi connectivity index (χ1v) is 15.4. The summed E-state index contributed by atoms with van der Waals surface area (Å²) in [7, 11) is -0.666. The van der Waals surface area contributed by atoms with Gasteiger partial charge in [0.05, 0.1) is 35.7 Å². The van der Waals surface area contributed by atoms with Crippen LogP contribution in [0.1, 0.15) is 25.1 Å². The van der Waals surface area contributed by atoms with Crippen molar-refractivity contribution in [2.75, 3.05) is 46.9 Å². The van der Waals surface area contributed by atoms with Gasteiger partial charge in [-0.15, -0.1) is 0 Å². The number of hydrogen-bond acceptors (Lipinski definition) is 7. The minimum Gasteiger partial charge on any atom is -0.497 e. The predicted octanol–water partition coefficient (Wildman–Crippen LogP) is 4.12. The molecule has 0 spiro atoms. The van der Waals surface area contributed by atoms with Crippen LogP contribution in [0.5, 0.6) is 11.5 Å².